The van der Waals surface area contributed by atoms with Crippen LogP contribution >= 0.6 is 12.2 Å². The lowest BCUT2D eigenvalue weighted by Gasteiger charge is -2.28. The number of thiocarbonyl (C=S) groups is 1. The first-order chi connectivity index (χ1) is 15.5. The fourth-order valence-corrected chi connectivity index (χ4v) is 4.48. The highest BCUT2D eigenvalue weighted by atomic mass is 32.1. The third-order valence-corrected chi connectivity index (χ3v) is 6.75. The molecule has 0 spiro atoms. The molecule has 1 saturated heterocycles. The minimum Gasteiger partial charge on any atom is -0.376 e. The van der Waals surface area contributed by atoms with E-state index in [1.54, 1.807) is 0 Å². The predicted molar refractivity (Wildman–Crippen MR) is 136 cm³/mol. The lowest BCUT2D eigenvalue weighted by atomic mass is 10.1. The van der Waals surface area contributed by atoms with Crippen LogP contribution in [0.3, 0.4) is 0 Å². The summed E-state index contributed by atoms with van der Waals surface area (Å²) in [6, 6.07) is 8.25. The summed E-state index contributed by atoms with van der Waals surface area (Å²) >= 11 is 5.76. The molecule has 1 aromatic heterocycles. The van der Waals surface area contributed by atoms with Crippen LogP contribution in [-0.4, -0.2) is 65.3 Å². The van der Waals surface area contributed by atoms with E-state index in [2.05, 4.69) is 53.0 Å². The van der Waals surface area contributed by atoms with Crippen LogP contribution in [0.25, 0.3) is 10.9 Å². The van der Waals surface area contributed by atoms with Gasteiger partial charge in [-0.15, -0.1) is 0 Å². The van der Waals surface area contributed by atoms with Crippen LogP contribution in [-0.2, 0) is 17.7 Å². The van der Waals surface area contributed by atoms with Crippen molar-refractivity contribution in [3.63, 3.8) is 0 Å². The highest BCUT2D eigenvalue weighted by molar-refractivity contribution is 7.80. The maximum Gasteiger partial charge on any atom is 0.253 e. The van der Waals surface area contributed by atoms with Crippen molar-refractivity contribution in [1.82, 2.24) is 20.1 Å². The first kappa shape index (κ1) is 24.7. The summed E-state index contributed by atoms with van der Waals surface area (Å²) < 4.78 is 5.73. The van der Waals surface area contributed by atoms with E-state index in [-0.39, 0.29) is 11.7 Å². The van der Waals surface area contributed by atoms with Gasteiger partial charge in [0.2, 0.25) is 0 Å². The zero-order chi connectivity index (χ0) is 22.9. The summed E-state index contributed by atoms with van der Waals surface area (Å²) in [7, 11) is 0. The third kappa shape index (κ3) is 6.77. The zero-order valence-electron chi connectivity index (χ0n) is 19.8. The molecular formula is C25H38N4O2S. The normalized spacial score (nSPS) is 16.1. The Hall–Kier alpha value is -1.96. The molecule has 7 heteroatoms. The Morgan fingerprint density at radius 1 is 1.22 bits per heavy atom. The number of hydrogen-bond donors (Lipinski definition) is 2. The smallest absolute Gasteiger partial charge is 0.253 e. The SMILES string of the molecule is CCc1ccc2[nH]c(=O)c(CN(CCCN(CC)CC)C(=S)NCC3CCCO3)cc2c1. The molecule has 1 aromatic carbocycles. The molecule has 2 heterocycles. The molecule has 0 saturated carbocycles. The molecule has 1 unspecified atom stereocenters. The fraction of sp³-hybridized carbons (Fsp3) is 0.600. The second kappa shape index (κ2) is 12.3. The molecule has 0 radical (unpaired) electrons. The monoisotopic (exact) mass is 458 g/mol. The average molecular weight is 459 g/mol. The van der Waals surface area contributed by atoms with E-state index >= 15 is 0 Å². The molecule has 2 N–H and O–H groups in total. The molecule has 1 fully saturated rings. The van der Waals surface area contributed by atoms with E-state index in [0.29, 0.717) is 11.7 Å². The van der Waals surface area contributed by atoms with Gasteiger partial charge in [0.1, 0.15) is 0 Å². The summed E-state index contributed by atoms with van der Waals surface area (Å²) in [5, 5.41) is 5.16. The Bertz CT molecular complexity index is 935. The summed E-state index contributed by atoms with van der Waals surface area (Å²) in [6.45, 7) is 12.5. The van der Waals surface area contributed by atoms with Crippen LogP contribution in [0.15, 0.2) is 29.1 Å². The third-order valence-electron chi connectivity index (χ3n) is 6.34. The maximum absolute atomic E-state index is 12.8. The molecule has 1 atom stereocenters. The highest BCUT2D eigenvalue weighted by Gasteiger charge is 2.18. The quantitative estimate of drug-likeness (QED) is 0.501. The molecule has 3 rings (SSSR count). The second-order valence-electron chi connectivity index (χ2n) is 8.52. The summed E-state index contributed by atoms with van der Waals surface area (Å²) in [5.41, 5.74) is 2.84. The number of fused-ring (bicyclic) bond motifs is 1. The molecule has 2 aromatic rings. The van der Waals surface area contributed by atoms with Crippen molar-refractivity contribution in [2.24, 2.45) is 0 Å². The van der Waals surface area contributed by atoms with Gasteiger partial charge in [-0.05, 0) is 86.7 Å². The number of aromatic amines is 1. The van der Waals surface area contributed by atoms with Crippen LogP contribution in [0, 0.1) is 0 Å². The maximum atomic E-state index is 12.8. The van der Waals surface area contributed by atoms with Crippen LogP contribution in [0.2, 0.25) is 0 Å². The topological polar surface area (TPSA) is 60.6 Å². The van der Waals surface area contributed by atoms with Crippen LogP contribution in [0.5, 0.6) is 0 Å². The molecule has 0 amide bonds. The van der Waals surface area contributed by atoms with E-state index in [4.69, 9.17) is 17.0 Å². The first-order valence-corrected chi connectivity index (χ1v) is 12.5. The standard InChI is InChI=1S/C25H38N4O2S/c1-4-19-10-11-23-20(15-19)16-21(24(30)27-23)18-29(13-8-12-28(5-2)6-3)25(32)26-17-22-9-7-14-31-22/h10-11,15-16,22H,4-9,12-14,17-18H2,1-3H3,(H,26,32)(H,27,30). The van der Waals surface area contributed by atoms with Gasteiger partial charge in [-0.2, -0.15) is 0 Å². The number of benzene rings is 1. The lowest BCUT2D eigenvalue weighted by molar-refractivity contribution is 0.113. The molecule has 176 valence electrons. The van der Waals surface area contributed by atoms with Crippen LogP contribution in [0.1, 0.15) is 51.2 Å². The highest BCUT2D eigenvalue weighted by Crippen LogP contribution is 2.16. The molecule has 1 aliphatic rings. The Balaban J connectivity index is 1.74. The van der Waals surface area contributed by atoms with E-state index in [1.807, 2.05) is 12.1 Å². The number of H-pyrrole nitrogens is 1. The average Bonchev–Trinajstić information content (AvgIpc) is 3.33. The Labute approximate surface area is 197 Å². The molecule has 1 aliphatic heterocycles. The van der Waals surface area contributed by atoms with E-state index in [9.17, 15) is 4.79 Å². The zero-order valence-corrected chi connectivity index (χ0v) is 20.6. The van der Waals surface area contributed by atoms with Gasteiger partial charge in [0.25, 0.3) is 5.56 Å². The Morgan fingerprint density at radius 3 is 2.72 bits per heavy atom. The summed E-state index contributed by atoms with van der Waals surface area (Å²) in [5.74, 6) is 0. The van der Waals surface area contributed by atoms with Crippen molar-refractivity contribution in [1.29, 1.82) is 0 Å². The number of hydrogen-bond acceptors (Lipinski definition) is 4. The molecular weight excluding hydrogens is 420 g/mol. The molecule has 0 bridgehead atoms. The molecule has 32 heavy (non-hydrogen) atoms. The fourth-order valence-electron chi connectivity index (χ4n) is 4.24. The van der Waals surface area contributed by atoms with Crippen molar-refractivity contribution in [2.75, 3.05) is 39.3 Å². The Kier molecular flexibility index (Phi) is 9.51. The van der Waals surface area contributed by atoms with Crippen molar-refractivity contribution >= 4 is 28.2 Å². The molecule has 6 nitrogen and oxygen atoms in total. The number of nitrogens with one attached hydrogen (secondary N) is 2. The van der Waals surface area contributed by atoms with Gasteiger partial charge in [0, 0.05) is 30.8 Å². The van der Waals surface area contributed by atoms with Gasteiger partial charge in [-0.25, -0.2) is 0 Å². The minimum atomic E-state index is -0.0441. The minimum absolute atomic E-state index is 0.0441. The van der Waals surface area contributed by atoms with Gasteiger partial charge < -0.3 is 24.8 Å². The van der Waals surface area contributed by atoms with E-state index in [0.717, 1.165) is 81.5 Å². The van der Waals surface area contributed by atoms with Crippen molar-refractivity contribution in [2.45, 2.75) is 59.1 Å². The number of aryl methyl sites for hydroxylation is 1. The van der Waals surface area contributed by atoms with Gasteiger partial charge in [0.05, 0.1) is 12.6 Å². The Morgan fingerprint density at radius 2 is 2.03 bits per heavy atom. The van der Waals surface area contributed by atoms with Crippen LogP contribution < -0.4 is 10.9 Å². The summed E-state index contributed by atoms with van der Waals surface area (Å²) in [4.78, 5) is 20.4. The number of pyridine rings is 1. The van der Waals surface area contributed by atoms with Crippen molar-refractivity contribution < 1.29 is 4.74 Å². The van der Waals surface area contributed by atoms with Gasteiger partial charge in [-0.3, -0.25) is 4.79 Å². The number of aromatic nitrogens is 1. The second-order valence-corrected chi connectivity index (χ2v) is 8.91. The first-order valence-electron chi connectivity index (χ1n) is 12.1. The van der Waals surface area contributed by atoms with Gasteiger partial charge in [-0.1, -0.05) is 26.8 Å². The van der Waals surface area contributed by atoms with Crippen molar-refractivity contribution in [3.05, 3.63) is 45.7 Å². The number of nitrogens with zero attached hydrogens (tertiary/aromatic N) is 2. The van der Waals surface area contributed by atoms with Gasteiger partial charge >= 0.3 is 0 Å². The van der Waals surface area contributed by atoms with Gasteiger partial charge in [0.15, 0.2) is 5.11 Å². The predicted octanol–water partition coefficient (Wildman–Crippen LogP) is 3.68. The number of ether oxygens (including phenoxy) is 1. The molecule has 0 aliphatic carbocycles. The van der Waals surface area contributed by atoms with E-state index < -0.39 is 0 Å². The lowest BCUT2D eigenvalue weighted by Crippen LogP contribution is -2.44. The number of rotatable bonds is 11. The van der Waals surface area contributed by atoms with Crippen LogP contribution in [0.4, 0.5) is 0 Å². The van der Waals surface area contributed by atoms with E-state index in [1.165, 1.54) is 5.56 Å². The van der Waals surface area contributed by atoms with Crippen molar-refractivity contribution in [3.8, 4) is 0 Å². The largest absolute Gasteiger partial charge is 0.376 e. The summed E-state index contributed by atoms with van der Waals surface area (Å²) in [6.07, 6.45) is 4.37.